The molecule has 1 aromatic heterocycles. The highest BCUT2D eigenvalue weighted by molar-refractivity contribution is 7.89. The molecule has 2 atom stereocenters. The van der Waals surface area contributed by atoms with Gasteiger partial charge in [-0.1, -0.05) is 18.2 Å². The van der Waals surface area contributed by atoms with Gasteiger partial charge in [-0.05, 0) is 79.6 Å². The summed E-state index contributed by atoms with van der Waals surface area (Å²) in [4.78, 5) is 28.6. The van der Waals surface area contributed by atoms with Gasteiger partial charge >= 0.3 is 11.9 Å². The number of aromatic nitrogens is 1. The van der Waals surface area contributed by atoms with Crippen molar-refractivity contribution in [2.24, 2.45) is 0 Å². The minimum atomic E-state index is -3.98. The van der Waals surface area contributed by atoms with Crippen LogP contribution in [0.4, 0.5) is 0 Å². The summed E-state index contributed by atoms with van der Waals surface area (Å²) in [6, 6.07) is 14.2. The van der Waals surface area contributed by atoms with E-state index in [-0.39, 0.29) is 11.4 Å². The van der Waals surface area contributed by atoms with Crippen molar-refractivity contribution in [2.75, 3.05) is 27.4 Å². The molecule has 1 fully saturated rings. The molecular formula is C30H34N2O9S. The van der Waals surface area contributed by atoms with Gasteiger partial charge in [0.05, 0.1) is 14.2 Å². The molecule has 0 aliphatic carbocycles. The summed E-state index contributed by atoms with van der Waals surface area (Å²) < 4.78 is 50.2. The Balaban J connectivity index is 1.60. The Morgan fingerprint density at radius 3 is 2.57 bits per heavy atom. The van der Waals surface area contributed by atoms with E-state index >= 15 is 0 Å². The van der Waals surface area contributed by atoms with Gasteiger partial charge in [-0.25, -0.2) is 13.2 Å². The molecule has 4 rings (SSSR count). The van der Waals surface area contributed by atoms with E-state index in [1.165, 1.54) is 28.8 Å². The maximum absolute atomic E-state index is 13.7. The molecule has 1 N–H and O–H groups in total. The summed E-state index contributed by atoms with van der Waals surface area (Å²) in [6.45, 7) is -0.339. The zero-order chi connectivity index (χ0) is 30.1. The molecule has 11 nitrogen and oxygen atoms in total. The second-order valence-electron chi connectivity index (χ2n) is 9.72. The minimum absolute atomic E-state index is 0.0120. The Bertz CT molecular complexity index is 1480. The van der Waals surface area contributed by atoms with E-state index < -0.39 is 40.7 Å². The van der Waals surface area contributed by atoms with Gasteiger partial charge in [0.1, 0.15) is 22.8 Å². The lowest BCUT2D eigenvalue weighted by molar-refractivity contribution is -0.155. The molecule has 0 amide bonds. The number of methoxy groups -OCH3 is 2. The monoisotopic (exact) mass is 598 g/mol. The van der Waals surface area contributed by atoms with Gasteiger partial charge in [0.15, 0.2) is 18.1 Å². The number of esters is 1. The number of benzene rings is 2. The Morgan fingerprint density at radius 2 is 1.86 bits per heavy atom. The fourth-order valence-corrected chi connectivity index (χ4v) is 6.47. The molecule has 1 aliphatic heterocycles. The zero-order valence-corrected chi connectivity index (χ0v) is 24.3. The first kappa shape index (κ1) is 30.8. The smallest absolute Gasteiger partial charge is 0.341 e. The van der Waals surface area contributed by atoms with Crippen LogP contribution < -0.4 is 14.2 Å². The second kappa shape index (κ2) is 14.1. The molecule has 42 heavy (non-hydrogen) atoms. The van der Waals surface area contributed by atoms with E-state index in [9.17, 15) is 18.0 Å². The number of carbonyl (C=O) groups excluding carboxylic acids is 1. The van der Waals surface area contributed by atoms with Crippen LogP contribution in [0.3, 0.4) is 0 Å². The first-order valence-corrected chi connectivity index (χ1v) is 14.9. The summed E-state index contributed by atoms with van der Waals surface area (Å²) in [5.41, 5.74) is 1.50. The molecule has 0 radical (unpaired) electrons. The number of ether oxygens (including phenoxy) is 4. The van der Waals surface area contributed by atoms with E-state index in [4.69, 9.17) is 24.1 Å². The summed E-state index contributed by atoms with van der Waals surface area (Å²) in [5.74, 6) is -0.327. The summed E-state index contributed by atoms with van der Waals surface area (Å²) >= 11 is 0. The molecule has 1 saturated heterocycles. The Labute approximate surface area is 245 Å². The lowest BCUT2D eigenvalue weighted by atomic mass is 10.00. The number of piperidine rings is 1. The first-order valence-electron chi connectivity index (χ1n) is 13.5. The number of aliphatic carboxylic acids is 1. The molecule has 0 spiro atoms. The predicted molar refractivity (Wildman–Crippen MR) is 152 cm³/mol. The van der Waals surface area contributed by atoms with Gasteiger partial charge in [0.25, 0.3) is 0 Å². The fourth-order valence-electron chi connectivity index (χ4n) is 4.86. The van der Waals surface area contributed by atoms with Crippen molar-refractivity contribution in [1.82, 2.24) is 9.29 Å². The maximum Gasteiger partial charge on any atom is 0.341 e. The van der Waals surface area contributed by atoms with Crippen LogP contribution >= 0.6 is 0 Å². The van der Waals surface area contributed by atoms with Gasteiger partial charge in [-0.15, -0.1) is 0 Å². The number of pyridine rings is 1. The number of carbonyl (C=O) groups is 2. The van der Waals surface area contributed by atoms with E-state index in [2.05, 4.69) is 4.98 Å². The number of nitrogens with zero attached hydrogens (tertiary/aromatic N) is 2. The number of aryl methyl sites for hydroxylation is 1. The van der Waals surface area contributed by atoms with Gasteiger partial charge in [-0.2, -0.15) is 4.31 Å². The molecule has 3 aromatic rings. The second-order valence-corrected chi connectivity index (χ2v) is 11.6. The van der Waals surface area contributed by atoms with E-state index in [0.717, 1.165) is 5.56 Å². The molecule has 0 bridgehead atoms. The average Bonchev–Trinajstić information content (AvgIpc) is 3.02. The van der Waals surface area contributed by atoms with Crippen molar-refractivity contribution in [3.63, 3.8) is 0 Å². The van der Waals surface area contributed by atoms with Crippen molar-refractivity contribution in [2.45, 2.75) is 49.1 Å². The van der Waals surface area contributed by atoms with Gasteiger partial charge in [0, 0.05) is 18.9 Å². The molecule has 2 heterocycles. The van der Waals surface area contributed by atoms with E-state index in [1.807, 2.05) is 12.1 Å². The van der Waals surface area contributed by atoms with Crippen LogP contribution in [0.2, 0.25) is 0 Å². The molecule has 2 aromatic carbocycles. The predicted octanol–water partition coefficient (Wildman–Crippen LogP) is 4.02. The molecule has 12 heteroatoms. The normalized spacial score (nSPS) is 16.3. The topological polar surface area (TPSA) is 142 Å². The molecule has 224 valence electrons. The lowest BCUT2D eigenvalue weighted by Gasteiger charge is -2.34. The number of sulfonamides is 1. The molecule has 0 unspecified atom stereocenters. The third-order valence-corrected chi connectivity index (χ3v) is 8.85. The number of hydrogen-bond donors (Lipinski definition) is 1. The number of rotatable bonds is 13. The van der Waals surface area contributed by atoms with Crippen LogP contribution in [-0.4, -0.2) is 68.2 Å². The molecular weight excluding hydrogens is 564 g/mol. The third kappa shape index (κ3) is 7.56. The van der Waals surface area contributed by atoms with E-state index in [1.54, 1.807) is 44.6 Å². The number of carboxylic acid groups (broad SMARTS) is 1. The zero-order valence-electron chi connectivity index (χ0n) is 23.5. The van der Waals surface area contributed by atoms with Crippen LogP contribution in [0.15, 0.2) is 71.9 Å². The van der Waals surface area contributed by atoms with Crippen molar-refractivity contribution >= 4 is 22.0 Å². The van der Waals surface area contributed by atoms with Gasteiger partial charge in [0.2, 0.25) is 10.0 Å². The summed E-state index contributed by atoms with van der Waals surface area (Å²) in [6.07, 6.45) is 4.43. The quantitative estimate of drug-likeness (QED) is 0.287. The van der Waals surface area contributed by atoms with Crippen LogP contribution in [-0.2, 0) is 30.8 Å². The SMILES string of the molecule is COc1ccc(CC[C@@H](OC(=O)[C@@H]2CCCCN2S(=O)(=O)c2cccnc2)c2cccc(OCC(=O)O)c2)cc1OC. The van der Waals surface area contributed by atoms with Crippen LogP contribution in [0.1, 0.15) is 42.9 Å². The lowest BCUT2D eigenvalue weighted by Crippen LogP contribution is -2.48. The molecule has 1 aliphatic rings. The van der Waals surface area contributed by atoms with Gasteiger partial charge < -0.3 is 24.1 Å². The third-order valence-electron chi connectivity index (χ3n) is 6.96. The first-order chi connectivity index (χ1) is 20.2. The van der Waals surface area contributed by atoms with E-state index in [0.29, 0.717) is 54.9 Å². The van der Waals surface area contributed by atoms with Gasteiger partial charge in [-0.3, -0.25) is 9.78 Å². The number of hydrogen-bond acceptors (Lipinski definition) is 9. The number of carboxylic acids is 1. The summed E-state index contributed by atoms with van der Waals surface area (Å²) in [7, 11) is -0.883. The minimum Gasteiger partial charge on any atom is -0.493 e. The average molecular weight is 599 g/mol. The Morgan fingerprint density at radius 1 is 1.05 bits per heavy atom. The van der Waals surface area contributed by atoms with Crippen LogP contribution in [0.25, 0.3) is 0 Å². The van der Waals surface area contributed by atoms with Crippen molar-refractivity contribution in [1.29, 1.82) is 0 Å². The Hall–Kier alpha value is -4.16. The summed E-state index contributed by atoms with van der Waals surface area (Å²) in [5, 5.41) is 9.01. The fraction of sp³-hybridized carbons (Fsp3) is 0.367. The molecule has 0 saturated carbocycles. The standard InChI is InChI=1S/C30H34N2O9S/c1-38-27-14-12-21(17-28(27)39-2)11-13-26(22-7-5-8-23(18-22)40-20-29(33)34)41-30(35)25-10-3-4-16-32(25)42(36,37)24-9-6-15-31-19-24/h5-9,12,14-15,17-19,25-26H,3-4,10-11,13,16,20H2,1-2H3,(H,33,34)/t25-,26+/m0/s1. The van der Waals surface area contributed by atoms with Crippen molar-refractivity contribution < 1.29 is 42.1 Å². The maximum atomic E-state index is 13.7. The van der Waals surface area contributed by atoms with Crippen molar-refractivity contribution in [3.8, 4) is 17.2 Å². The van der Waals surface area contributed by atoms with Crippen LogP contribution in [0, 0.1) is 0 Å². The highest BCUT2D eigenvalue weighted by atomic mass is 32.2. The van der Waals surface area contributed by atoms with Crippen LogP contribution in [0.5, 0.6) is 17.2 Å². The Kier molecular flexibility index (Phi) is 10.4. The largest absolute Gasteiger partial charge is 0.493 e. The van der Waals surface area contributed by atoms with Crippen molar-refractivity contribution in [3.05, 3.63) is 78.1 Å². The highest BCUT2D eigenvalue weighted by Gasteiger charge is 2.39. The highest BCUT2D eigenvalue weighted by Crippen LogP contribution is 2.33.